The fourth-order valence-electron chi connectivity index (χ4n) is 1.70. The third-order valence-corrected chi connectivity index (χ3v) is 3.08. The van der Waals surface area contributed by atoms with E-state index in [1.807, 2.05) is 0 Å². The summed E-state index contributed by atoms with van der Waals surface area (Å²) in [6.07, 6.45) is 2.13. The molecule has 0 aromatic rings. The lowest BCUT2D eigenvalue weighted by atomic mass is 9.97. The lowest BCUT2D eigenvalue weighted by Crippen LogP contribution is -2.37. The molecule has 0 bridgehead atoms. The largest absolute Gasteiger partial charge is 0.466 e. The molecular formula is C16H26O5. The Hall–Kier alpha value is -1.38. The average Bonchev–Trinajstić information content (AvgIpc) is 2.44. The predicted octanol–water partition coefficient (Wildman–Crippen LogP) is 1.59. The molecule has 0 aromatic heterocycles. The van der Waals surface area contributed by atoms with Crippen LogP contribution in [0.5, 0.6) is 0 Å². The highest BCUT2D eigenvalue weighted by Gasteiger charge is 2.26. The second-order valence-corrected chi connectivity index (χ2v) is 5.11. The van der Waals surface area contributed by atoms with E-state index in [9.17, 15) is 19.8 Å². The maximum absolute atomic E-state index is 11.5. The zero-order chi connectivity index (χ0) is 16.3. The number of unbranched alkanes of at least 4 members (excludes halogenated alkanes) is 2. The van der Waals surface area contributed by atoms with Gasteiger partial charge in [0.1, 0.15) is 5.60 Å². The SMILES string of the molecule is CCOC(=O)CCCCCC(=O)C#CC(C)(O)C(O)CC. The number of ketones is 1. The Morgan fingerprint density at radius 1 is 1.19 bits per heavy atom. The monoisotopic (exact) mass is 298 g/mol. The van der Waals surface area contributed by atoms with Crippen LogP contribution in [-0.4, -0.2) is 40.3 Å². The Balaban J connectivity index is 3.95. The summed E-state index contributed by atoms with van der Waals surface area (Å²) in [6, 6.07) is 0. The summed E-state index contributed by atoms with van der Waals surface area (Å²) in [6.45, 7) is 5.27. The number of esters is 1. The van der Waals surface area contributed by atoms with Gasteiger partial charge < -0.3 is 14.9 Å². The van der Waals surface area contributed by atoms with Crippen LogP contribution in [0.25, 0.3) is 0 Å². The summed E-state index contributed by atoms with van der Waals surface area (Å²) in [4.78, 5) is 22.6. The maximum atomic E-state index is 11.5. The van der Waals surface area contributed by atoms with Gasteiger partial charge in [-0.3, -0.25) is 9.59 Å². The minimum absolute atomic E-state index is 0.215. The molecule has 0 aliphatic carbocycles. The van der Waals surface area contributed by atoms with Crippen molar-refractivity contribution in [3.05, 3.63) is 0 Å². The first-order chi connectivity index (χ1) is 9.83. The van der Waals surface area contributed by atoms with E-state index in [0.717, 1.165) is 6.42 Å². The molecule has 0 radical (unpaired) electrons. The number of hydrogen-bond donors (Lipinski definition) is 2. The van der Waals surface area contributed by atoms with Gasteiger partial charge in [0.15, 0.2) is 0 Å². The van der Waals surface area contributed by atoms with Crippen LogP contribution in [0.4, 0.5) is 0 Å². The minimum Gasteiger partial charge on any atom is -0.466 e. The molecule has 0 saturated carbocycles. The lowest BCUT2D eigenvalue weighted by Gasteiger charge is -2.21. The van der Waals surface area contributed by atoms with E-state index >= 15 is 0 Å². The molecule has 0 aliphatic rings. The Morgan fingerprint density at radius 2 is 1.81 bits per heavy atom. The van der Waals surface area contributed by atoms with Crippen LogP contribution in [0.1, 0.15) is 59.3 Å². The highest BCUT2D eigenvalue weighted by molar-refractivity contribution is 5.95. The Bertz CT molecular complexity index is 389. The van der Waals surface area contributed by atoms with Crippen molar-refractivity contribution in [3.8, 4) is 11.8 Å². The van der Waals surface area contributed by atoms with Gasteiger partial charge in [0.05, 0.1) is 12.7 Å². The minimum atomic E-state index is -1.56. The van der Waals surface area contributed by atoms with Gasteiger partial charge >= 0.3 is 5.97 Å². The van der Waals surface area contributed by atoms with E-state index in [4.69, 9.17) is 4.74 Å². The number of ether oxygens (including phenoxy) is 1. The molecular weight excluding hydrogens is 272 g/mol. The molecule has 120 valence electrons. The van der Waals surface area contributed by atoms with Crippen LogP contribution in [-0.2, 0) is 14.3 Å². The number of Topliss-reactive ketones (excluding diaryl/α,β-unsaturated/α-hetero) is 1. The number of hydrogen-bond acceptors (Lipinski definition) is 5. The molecule has 0 fully saturated rings. The van der Waals surface area contributed by atoms with E-state index in [0.29, 0.717) is 32.3 Å². The number of aliphatic hydroxyl groups excluding tert-OH is 1. The number of rotatable bonds is 9. The van der Waals surface area contributed by atoms with Gasteiger partial charge in [0, 0.05) is 12.8 Å². The van der Waals surface area contributed by atoms with Crippen molar-refractivity contribution in [3.63, 3.8) is 0 Å². The van der Waals surface area contributed by atoms with Gasteiger partial charge in [-0.25, -0.2) is 0 Å². The summed E-state index contributed by atoms with van der Waals surface area (Å²) >= 11 is 0. The van der Waals surface area contributed by atoms with Crippen LogP contribution < -0.4 is 0 Å². The fourth-order valence-corrected chi connectivity index (χ4v) is 1.70. The number of carbonyl (C=O) groups is 2. The Morgan fingerprint density at radius 3 is 2.38 bits per heavy atom. The zero-order valence-electron chi connectivity index (χ0n) is 13.1. The molecule has 2 atom stereocenters. The maximum Gasteiger partial charge on any atom is 0.305 e. The first kappa shape index (κ1) is 19.6. The first-order valence-corrected chi connectivity index (χ1v) is 7.45. The van der Waals surface area contributed by atoms with E-state index in [1.165, 1.54) is 6.92 Å². The van der Waals surface area contributed by atoms with Crippen molar-refractivity contribution in [1.29, 1.82) is 0 Å². The molecule has 0 saturated heterocycles. The summed E-state index contributed by atoms with van der Waals surface area (Å²) in [5.74, 6) is 4.30. The molecule has 2 unspecified atom stereocenters. The van der Waals surface area contributed by atoms with Crippen molar-refractivity contribution < 1.29 is 24.5 Å². The summed E-state index contributed by atoms with van der Waals surface area (Å²) in [7, 11) is 0. The van der Waals surface area contributed by atoms with Gasteiger partial charge in [0.2, 0.25) is 5.78 Å². The molecule has 21 heavy (non-hydrogen) atoms. The Kier molecular flexibility index (Phi) is 9.68. The van der Waals surface area contributed by atoms with Gasteiger partial charge in [-0.05, 0) is 39.0 Å². The molecule has 0 amide bonds. The van der Waals surface area contributed by atoms with Crippen molar-refractivity contribution in [2.24, 2.45) is 0 Å². The van der Waals surface area contributed by atoms with E-state index in [2.05, 4.69) is 11.8 Å². The van der Waals surface area contributed by atoms with Crippen molar-refractivity contribution in [2.45, 2.75) is 71.0 Å². The number of aliphatic hydroxyl groups is 2. The van der Waals surface area contributed by atoms with Crippen LogP contribution in [0, 0.1) is 11.8 Å². The van der Waals surface area contributed by atoms with E-state index in [-0.39, 0.29) is 18.2 Å². The molecule has 0 rings (SSSR count). The molecule has 5 heteroatoms. The Labute approximate surface area is 126 Å². The van der Waals surface area contributed by atoms with Crippen molar-refractivity contribution in [2.75, 3.05) is 6.61 Å². The lowest BCUT2D eigenvalue weighted by molar-refractivity contribution is -0.143. The zero-order valence-corrected chi connectivity index (χ0v) is 13.1. The van der Waals surface area contributed by atoms with Gasteiger partial charge in [-0.1, -0.05) is 19.3 Å². The average molecular weight is 298 g/mol. The molecule has 5 nitrogen and oxygen atoms in total. The standard InChI is InChI=1S/C16H26O5/c1-4-14(18)16(3,20)12-11-13(17)9-7-6-8-10-15(19)21-5-2/h14,18,20H,4-10H2,1-3H3. The molecule has 0 heterocycles. The fraction of sp³-hybridized carbons (Fsp3) is 0.750. The third-order valence-electron chi connectivity index (χ3n) is 3.08. The van der Waals surface area contributed by atoms with Crippen molar-refractivity contribution >= 4 is 11.8 Å². The summed E-state index contributed by atoms with van der Waals surface area (Å²) < 4.78 is 4.80. The van der Waals surface area contributed by atoms with Crippen LogP contribution in [0.3, 0.4) is 0 Å². The van der Waals surface area contributed by atoms with Gasteiger partial charge in [0.25, 0.3) is 0 Å². The normalized spacial score (nSPS) is 14.5. The third kappa shape index (κ3) is 9.22. The summed E-state index contributed by atoms with van der Waals surface area (Å²) in [5, 5.41) is 19.4. The molecule has 0 aliphatic heterocycles. The number of carbonyl (C=O) groups excluding carboxylic acids is 2. The van der Waals surface area contributed by atoms with E-state index in [1.54, 1.807) is 13.8 Å². The highest BCUT2D eigenvalue weighted by Crippen LogP contribution is 2.11. The van der Waals surface area contributed by atoms with Gasteiger partial charge in [-0.15, -0.1) is 0 Å². The van der Waals surface area contributed by atoms with Gasteiger partial charge in [-0.2, -0.15) is 0 Å². The molecule has 2 N–H and O–H groups in total. The highest BCUT2D eigenvalue weighted by atomic mass is 16.5. The topological polar surface area (TPSA) is 83.8 Å². The van der Waals surface area contributed by atoms with Crippen LogP contribution in [0.15, 0.2) is 0 Å². The second-order valence-electron chi connectivity index (χ2n) is 5.11. The van der Waals surface area contributed by atoms with Crippen LogP contribution >= 0.6 is 0 Å². The summed E-state index contributed by atoms with van der Waals surface area (Å²) in [5.41, 5.74) is -1.56. The van der Waals surface area contributed by atoms with Crippen molar-refractivity contribution in [1.82, 2.24) is 0 Å². The quantitative estimate of drug-likeness (QED) is 0.292. The smallest absolute Gasteiger partial charge is 0.305 e. The molecule has 0 aromatic carbocycles. The first-order valence-electron chi connectivity index (χ1n) is 7.45. The van der Waals surface area contributed by atoms with E-state index < -0.39 is 11.7 Å². The molecule has 0 spiro atoms. The predicted molar refractivity (Wildman–Crippen MR) is 79.4 cm³/mol. The second kappa shape index (κ2) is 10.4. The van der Waals surface area contributed by atoms with Crippen LogP contribution in [0.2, 0.25) is 0 Å².